The van der Waals surface area contributed by atoms with E-state index < -0.39 is 0 Å². The molecule has 0 amide bonds. The summed E-state index contributed by atoms with van der Waals surface area (Å²) in [7, 11) is 0. The zero-order valence-corrected chi connectivity index (χ0v) is 10.3. The summed E-state index contributed by atoms with van der Waals surface area (Å²) in [6.45, 7) is 0. The maximum absolute atomic E-state index is 4.31. The van der Waals surface area contributed by atoms with E-state index in [0.717, 1.165) is 22.2 Å². The molecule has 0 aliphatic carbocycles. The van der Waals surface area contributed by atoms with Crippen LogP contribution in [-0.2, 0) is 0 Å². The Balaban J connectivity index is 1.77. The van der Waals surface area contributed by atoms with Crippen molar-refractivity contribution >= 4 is 22.8 Å². The molecule has 3 aromatic rings. The molecule has 3 heteroatoms. The average molecular weight is 247 g/mol. The number of pyridine rings is 1. The molecule has 92 valence electrons. The van der Waals surface area contributed by atoms with E-state index >= 15 is 0 Å². The molecule has 1 heterocycles. The van der Waals surface area contributed by atoms with Crippen molar-refractivity contribution in [2.45, 2.75) is 0 Å². The summed E-state index contributed by atoms with van der Waals surface area (Å²) in [5.41, 5.74) is 4.00. The van der Waals surface area contributed by atoms with Crippen LogP contribution in [0.25, 0.3) is 10.8 Å². The molecular formula is C16H13N3. The molecular weight excluding hydrogens is 234 g/mol. The lowest BCUT2D eigenvalue weighted by atomic mass is 10.2. The van der Waals surface area contributed by atoms with Crippen LogP contribution >= 0.6 is 0 Å². The first-order valence-electron chi connectivity index (χ1n) is 6.11. The van der Waals surface area contributed by atoms with Gasteiger partial charge in [0.2, 0.25) is 0 Å². The molecule has 0 spiro atoms. The molecule has 0 aliphatic heterocycles. The summed E-state index contributed by atoms with van der Waals surface area (Å²) in [5.74, 6) is 0.742. The number of benzene rings is 2. The predicted molar refractivity (Wildman–Crippen MR) is 79.4 cm³/mol. The molecule has 0 bridgehead atoms. The Morgan fingerprint density at radius 2 is 1.63 bits per heavy atom. The van der Waals surface area contributed by atoms with Gasteiger partial charge in [0.25, 0.3) is 0 Å². The van der Waals surface area contributed by atoms with Gasteiger partial charge in [-0.3, -0.25) is 5.43 Å². The zero-order valence-electron chi connectivity index (χ0n) is 10.3. The molecule has 0 saturated carbocycles. The van der Waals surface area contributed by atoms with Crippen LogP contribution in [0.5, 0.6) is 0 Å². The normalized spacial score (nSPS) is 10.9. The topological polar surface area (TPSA) is 37.3 Å². The Morgan fingerprint density at radius 1 is 0.895 bits per heavy atom. The van der Waals surface area contributed by atoms with E-state index in [2.05, 4.69) is 21.6 Å². The number of fused-ring (bicyclic) bond motifs is 1. The fraction of sp³-hybridized carbons (Fsp3) is 0. The first-order chi connectivity index (χ1) is 9.42. The monoisotopic (exact) mass is 247 g/mol. The van der Waals surface area contributed by atoms with Gasteiger partial charge in [-0.05, 0) is 17.0 Å². The van der Waals surface area contributed by atoms with Crippen LogP contribution in [0.3, 0.4) is 0 Å². The van der Waals surface area contributed by atoms with Gasteiger partial charge in [0.1, 0.15) is 5.82 Å². The Kier molecular flexibility index (Phi) is 3.19. The van der Waals surface area contributed by atoms with E-state index in [0.29, 0.717) is 0 Å². The van der Waals surface area contributed by atoms with Crippen molar-refractivity contribution < 1.29 is 0 Å². The quantitative estimate of drug-likeness (QED) is 0.566. The second kappa shape index (κ2) is 5.31. The van der Waals surface area contributed by atoms with E-state index in [4.69, 9.17) is 0 Å². The molecule has 19 heavy (non-hydrogen) atoms. The van der Waals surface area contributed by atoms with Crippen molar-refractivity contribution in [3.05, 3.63) is 72.4 Å². The Morgan fingerprint density at radius 3 is 2.47 bits per heavy atom. The van der Waals surface area contributed by atoms with Crippen LogP contribution in [0.15, 0.2) is 72.0 Å². The number of aromatic nitrogens is 1. The minimum absolute atomic E-state index is 0.742. The summed E-state index contributed by atoms with van der Waals surface area (Å²) >= 11 is 0. The van der Waals surface area contributed by atoms with Crippen LogP contribution in [0.4, 0.5) is 5.82 Å². The number of nitrogens with zero attached hydrogens (tertiary/aromatic N) is 2. The lowest BCUT2D eigenvalue weighted by Gasteiger charge is -2.01. The standard InChI is InChI=1S/C16H13N3/c1-2-6-13(7-3-1)11-18-19-16-10-14-8-4-5-9-15(14)12-17-16/h1-12H,(H,17,19)/b18-11+. The Labute approximate surface area is 111 Å². The van der Waals surface area contributed by atoms with Gasteiger partial charge in [-0.2, -0.15) is 5.10 Å². The molecule has 0 fully saturated rings. The maximum atomic E-state index is 4.31. The summed E-state index contributed by atoms with van der Waals surface area (Å²) in [6, 6.07) is 20.0. The van der Waals surface area contributed by atoms with Crippen molar-refractivity contribution in [2.75, 3.05) is 5.43 Å². The van der Waals surface area contributed by atoms with Crippen molar-refractivity contribution in [1.82, 2.24) is 4.98 Å². The Hall–Kier alpha value is -2.68. The number of hydrazone groups is 1. The van der Waals surface area contributed by atoms with Gasteiger partial charge in [0, 0.05) is 11.6 Å². The first kappa shape index (κ1) is 11.4. The van der Waals surface area contributed by atoms with Crippen molar-refractivity contribution in [1.29, 1.82) is 0 Å². The smallest absolute Gasteiger partial charge is 0.146 e. The van der Waals surface area contributed by atoms with Crippen LogP contribution in [0, 0.1) is 0 Å². The molecule has 1 aromatic heterocycles. The largest absolute Gasteiger partial charge is 0.261 e. The van der Waals surface area contributed by atoms with Crippen molar-refractivity contribution in [3.8, 4) is 0 Å². The highest BCUT2D eigenvalue weighted by Crippen LogP contribution is 2.15. The van der Waals surface area contributed by atoms with Gasteiger partial charge >= 0.3 is 0 Å². The fourth-order valence-corrected chi connectivity index (χ4v) is 1.86. The second-order valence-electron chi connectivity index (χ2n) is 4.20. The summed E-state index contributed by atoms with van der Waals surface area (Å²) in [6.07, 6.45) is 3.62. The molecule has 3 rings (SSSR count). The van der Waals surface area contributed by atoms with Gasteiger partial charge in [-0.15, -0.1) is 0 Å². The lowest BCUT2D eigenvalue weighted by molar-refractivity contribution is 1.25. The maximum Gasteiger partial charge on any atom is 0.146 e. The number of hydrogen-bond acceptors (Lipinski definition) is 3. The first-order valence-corrected chi connectivity index (χ1v) is 6.11. The number of hydrogen-bond donors (Lipinski definition) is 1. The molecule has 3 nitrogen and oxygen atoms in total. The van der Waals surface area contributed by atoms with Crippen LogP contribution in [0.2, 0.25) is 0 Å². The third-order valence-electron chi connectivity index (χ3n) is 2.82. The molecule has 0 aliphatic rings. The second-order valence-corrected chi connectivity index (χ2v) is 4.20. The lowest BCUT2D eigenvalue weighted by Crippen LogP contribution is -1.93. The highest BCUT2D eigenvalue weighted by atomic mass is 15.3. The van der Waals surface area contributed by atoms with Gasteiger partial charge in [0.15, 0.2) is 0 Å². The molecule has 0 unspecified atom stereocenters. The fourth-order valence-electron chi connectivity index (χ4n) is 1.86. The summed E-state index contributed by atoms with van der Waals surface area (Å²) < 4.78 is 0. The minimum atomic E-state index is 0.742. The number of rotatable bonds is 3. The molecule has 1 N–H and O–H groups in total. The van der Waals surface area contributed by atoms with E-state index in [1.54, 1.807) is 6.21 Å². The van der Waals surface area contributed by atoms with E-state index in [9.17, 15) is 0 Å². The van der Waals surface area contributed by atoms with Crippen molar-refractivity contribution in [3.63, 3.8) is 0 Å². The number of anilines is 1. The predicted octanol–water partition coefficient (Wildman–Crippen LogP) is 3.68. The summed E-state index contributed by atoms with van der Waals surface area (Å²) in [5, 5.41) is 6.45. The number of nitrogens with one attached hydrogen (secondary N) is 1. The Bertz CT molecular complexity index is 705. The van der Waals surface area contributed by atoms with Crippen molar-refractivity contribution in [2.24, 2.45) is 5.10 Å². The van der Waals surface area contributed by atoms with Crippen LogP contribution < -0.4 is 5.43 Å². The highest BCUT2D eigenvalue weighted by Gasteiger charge is 1.95. The molecule has 0 atom stereocenters. The van der Waals surface area contributed by atoms with E-state index in [1.165, 1.54) is 0 Å². The van der Waals surface area contributed by atoms with E-state index in [-0.39, 0.29) is 0 Å². The minimum Gasteiger partial charge on any atom is -0.261 e. The SMILES string of the molecule is C(=N\Nc1cc2ccccc2cn1)/c1ccccc1. The van der Waals surface area contributed by atoms with Gasteiger partial charge in [-0.1, -0.05) is 54.6 Å². The van der Waals surface area contributed by atoms with Crippen LogP contribution in [0.1, 0.15) is 5.56 Å². The molecule has 2 aromatic carbocycles. The third-order valence-corrected chi connectivity index (χ3v) is 2.82. The molecule has 0 radical (unpaired) electrons. The third kappa shape index (κ3) is 2.77. The zero-order chi connectivity index (χ0) is 12.9. The summed E-state index contributed by atoms with van der Waals surface area (Å²) in [4.78, 5) is 4.31. The molecule has 0 saturated heterocycles. The van der Waals surface area contributed by atoms with Gasteiger partial charge < -0.3 is 0 Å². The van der Waals surface area contributed by atoms with Gasteiger partial charge in [-0.25, -0.2) is 4.98 Å². The van der Waals surface area contributed by atoms with Gasteiger partial charge in [0.05, 0.1) is 6.21 Å². The van der Waals surface area contributed by atoms with E-state index in [1.807, 2.05) is 60.8 Å². The van der Waals surface area contributed by atoms with Crippen LogP contribution in [-0.4, -0.2) is 11.2 Å². The highest BCUT2D eigenvalue weighted by molar-refractivity contribution is 5.84. The average Bonchev–Trinajstić information content (AvgIpc) is 2.48.